The van der Waals surface area contributed by atoms with Crippen LogP contribution >= 0.6 is 0 Å². The monoisotopic (exact) mass is 373 g/mol. The van der Waals surface area contributed by atoms with Crippen molar-refractivity contribution < 1.29 is 24.7 Å². The van der Waals surface area contributed by atoms with Gasteiger partial charge in [-0.05, 0) is 19.3 Å². The summed E-state index contributed by atoms with van der Waals surface area (Å²) in [5.74, 6) is -1.61. The smallest absolute Gasteiger partial charge is 0.303 e. The number of carboxylic acids is 2. The lowest BCUT2D eigenvalue weighted by atomic mass is 10.0. The number of aliphatic carboxylic acids is 2. The van der Waals surface area contributed by atoms with Gasteiger partial charge in [-0.25, -0.2) is 0 Å². The van der Waals surface area contributed by atoms with Gasteiger partial charge in [0.15, 0.2) is 0 Å². The predicted molar refractivity (Wildman–Crippen MR) is 99.9 cm³/mol. The van der Waals surface area contributed by atoms with Gasteiger partial charge in [-0.1, -0.05) is 57.8 Å². The Kier molecular flexibility index (Phi) is 15.7. The summed E-state index contributed by atoms with van der Waals surface area (Å²) in [6, 6.07) is -0.601. The summed E-state index contributed by atoms with van der Waals surface area (Å²) in [6.45, 7) is 0. The Labute approximate surface area is 156 Å². The van der Waals surface area contributed by atoms with Gasteiger partial charge in [0.25, 0.3) is 0 Å². The van der Waals surface area contributed by atoms with Crippen LogP contribution in [0.25, 0.3) is 0 Å². The molecule has 0 aliphatic heterocycles. The van der Waals surface area contributed by atoms with Crippen LogP contribution in [-0.4, -0.2) is 33.1 Å². The highest BCUT2D eigenvalue weighted by atomic mass is 16.6. The molecule has 7 nitrogen and oxygen atoms in total. The topological polar surface area (TPSA) is 118 Å². The van der Waals surface area contributed by atoms with E-state index in [1.165, 1.54) is 25.7 Å². The molecule has 152 valence electrons. The zero-order chi connectivity index (χ0) is 19.6. The van der Waals surface area contributed by atoms with E-state index < -0.39 is 18.0 Å². The molecule has 0 rings (SSSR count). The zero-order valence-corrected chi connectivity index (χ0v) is 15.9. The fraction of sp³-hybridized carbons (Fsp3) is 0.895. The molecule has 2 N–H and O–H groups in total. The third-order valence-electron chi connectivity index (χ3n) is 4.65. The van der Waals surface area contributed by atoms with E-state index in [0.29, 0.717) is 19.3 Å². The third kappa shape index (κ3) is 17.2. The number of rotatable bonds is 19. The van der Waals surface area contributed by atoms with Gasteiger partial charge in [-0.15, -0.1) is 0 Å². The summed E-state index contributed by atoms with van der Waals surface area (Å²) in [6.07, 6.45) is 13.3. The molecule has 0 heterocycles. The number of hydrogen-bond acceptors (Lipinski definition) is 4. The molecule has 1 atom stereocenters. The largest absolute Gasteiger partial charge is 0.481 e. The van der Waals surface area contributed by atoms with Crippen molar-refractivity contribution in [3.63, 3.8) is 0 Å². The molecule has 0 fully saturated rings. The summed E-state index contributed by atoms with van der Waals surface area (Å²) in [5.41, 5.74) is 0. The lowest BCUT2D eigenvalue weighted by molar-refractivity contribution is -0.524. The van der Waals surface area contributed by atoms with Crippen LogP contribution in [0.3, 0.4) is 0 Å². The van der Waals surface area contributed by atoms with E-state index >= 15 is 0 Å². The molecule has 0 aromatic carbocycles. The SMILES string of the molecule is O=C(O)CCCCCCCCCCCCCC(CCCC(=O)O)[N+](=O)[O-]. The van der Waals surface area contributed by atoms with Crippen molar-refractivity contribution in [2.75, 3.05) is 0 Å². The predicted octanol–water partition coefficient (Wildman–Crippen LogP) is 5.04. The van der Waals surface area contributed by atoms with E-state index in [1.54, 1.807) is 0 Å². The molecule has 0 aromatic rings. The molecular weight excluding hydrogens is 338 g/mol. The second-order valence-corrected chi connectivity index (χ2v) is 7.05. The average molecular weight is 373 g/mol. The molecule has 0 spiro atoms. The Morgan fingerprint density at radius 1 is 0.654 bits per heavy atom. The fourth-order valence-corrected chi connectivity index (χ4v) is 3.09. The molecule has 7 heteroatoms. The van der Waals surface area contributed by atoms with Crippen molar-refractivity contribution in [3.05, 3.63) is 10.1 Å². The van der Waals surface area contributed by atoms with Crippen molar-refractivity contribution in [1.82, 2.24) is 0 Å². The van der Waals surface area contributed by atoms with Gasteiger partial charge in [0.1, 0.15) is 0 Å². The standard InChI is InChI=1S/C19H35NO6/c21-18(22)15-11-9-7-5-3-1-2-4-6-8-10-13-17(20(25)26)14-12-16-19(23)24/h17H,1-16H2,(H,21,22)(H,23,24). The van der Waals surface area contributed by atoms with Crippen molar-refractivity contribution >= 4 is 11.9 Å². The first kappa shape index (κ1) is 24.3. The molecule has 0 amide bonds. The number of nitrogens with zero attached hydrogens (tertiary/aromatic N) is 1. The van der Waals surface area contributed by atoms with Crippen LogP contribution in [0.4, 0.5) is 0 Å². The molecule has 0 radical (unpaired) electrons. The number of unbranched alkanes of at least 4 members (excludes halogenated alkanes) is 10. The van der Waals surface area contributed by atoms with E-state index in [1.807, 2.05) is 0 Å². The van der Waals surface area contributed by atoms with Gasteiger partial charge in [0, 0.05) is 30.6 Å². The third-order valence-corrected chi connectivity index (χ3v) is 4.65. The molecular formula is C19H35NO6. The van der Waals surface area contributed by atoms with Crippen LogP contribution in [0.15, 0.2) is 0 Å². The van der Waals surface area contributed by atoms with Gasteiger partial charge in [-0.3, -0.25) is 19.7 Å². The van der Waals surface area contributed by atoms with Gasteiger partial charge in [0.2, 0.25) is 6.04 Å². The average Bonchev–Trinajstić information content (AvgIpc) is 2.56. The fourth-order valence-electron chi connectivity index (χ4n) is 3.09. The van der Waals surface area contributed by atoms with Gasteiger partial charge >= 0.3 is 11.9 Å². The van der Waals surface area contributed by atoms with Crippen LogP contribution in [0, 0.1) is 10.1 Å². The highest BCUT2D eigenvalue weighted by Crippen LogP contribution is 2.15. The Balaban J connectivity index is 3.41. The molecule has 0 saturated heterocycles. The lowest BCUT2D eigenvalue weighted by Gasteiger charge is -2.08. The first-order valence-electron chi connectivity index (χ1n) is 10.0. The normalized spacial score (nSPS) is 12.0. The van der Waals surface area contributed by atoms with E-state index in [9.17, 15) is 19.7 Å². The van der Waals surface area contributed by atoms with Gasteiger partial charge in [-0.2, -0.15) is 0 Å². The molecule has 26 heavy (non-hydrogen) atoms. The summed E-state index contributed by atoms with van der Waals surface area (Å²) >= 11 is 0. The Bertz CT molecular complexity index is 399. The lowest BCUT2D eigenvalue weighted by Crippen LogP contribution is -2.19. The molecule has 1 unspecified atom stereocenters. The molecule has 0 aromatic heterocycles. The van der Waals surface area contributed by atoms with Gasteiger partial charge in [0.05, 0.1) is 0 Å². The van der Waals surface area contributed by atoms with E-state index in [2.05, 4.69) is 0 Å². The Morgan fingerprint density at radius 2 is 1.00 bits per heavy atom. The van der Waals surface area contributed by atoms with Crippen molar-refractivity contribution in [1.29, 1.82) is 0 Å². The minimum Gasteiger partial charge on any atom is -0.481 e. The Hall–Kier alpha value is -1.66. The first-order chi connectivity index (χ1) is 12.4. The molecule has 0 saturated carbocycles. The van der Waals surface area contributed by atoms with E-state index in [4.69, 9.17) is 10.2 Å². The van der Waals surface area contributed by atoms with Crippen LogP contribution in [0.2, 0.25) is 0 Å². The van der Waals surface area contributed by atoms with Crippen LogP contribution < -0.4 is 0 Å². The van der Waals surface area contributed by atoms with E-state index in [-0.39, 0.29) is 17.8 Å². The highest BCUT2D eigenvalue weighted by molar-refractivity contribution is 5.66. The number of hydrogen-bond donors (Lipinski definition) is 2. The second-order valence-electron chi connectivity index (χ2n) is 7.05. The highest BCUT2D eigenvalue weighted by Gasteiger charge is 2.19. The molecule has 0 aliphatic carbocycles. The molecule has 0 bridgehead atoms. The summed E-state index contributed by atoms with van der Waals surface area (Å²) in [7, 11) is 0. The number of carbonyl (C=O) groups is 2. The summed E-state index contributed by atoms with van der Waals surface area (Å²) < 4.78 is 0. The number of nitro groups is 1. The first-order valence-corrected chi connectivity index (χ1v) is 10.0. The Morgan fingerprint density at radius 3 is 1.42 bits per heavy atom. The van der Waals surface area contributed by atoms with E-state index in [0.717, 1.165) is 44.9 Å². The van der Waals surface area contributed by atoms with Crippen LogP contribution in [0.1, 0.15) is 103 Å². The number of carboxylic acid groups (broad SMARTS) is 2. The van der Waals surface area contributed by atoms with Crippen molar-refractivity contribution in [3.8, 4) is 0 Å². The van der Waals surface area contributed by atoms with Crippen LogP contribution in [0.5, 0.6) is 0 Å². The maximum absolute atomic E-state index is 11.0. The zero-order valence-electron chi connectivity index (χ0n) is 15.9. The van der Waals surface area contributed by atoms with Crippen molar-refractivity contribution in [2.45, 2.75) is 109 Å². The maximum atomic E-state index is 11.0. The maximum Gasteiger partial charge on any atom is 0.303 e. The summed E-state index contributed by atoms with van der Waals surface area (Å²) in [5, 5.41) is 28.1. The van der Waals surface area contributed by atoms with Crippen LogP contribution in [-0.2, 0) is 9.59 Å². The second kappa shape index (κ2) is 16.8. The minimum absolute atomic E-state index is 0.00387. The summed E-state index contributed by atoms with van der Waals surface area (Å²) in [4.78, 5) is 31.5. The quantitative estimate of drug-likeness (QED) is 0.186. The van der Waals surface area contributed by atoms with Gasteiger partial charge < -0.3 is 10.2 Å². The minimum atomic E-state index is -0.896. The molecule has 0 aliphatic rings. The van der Waals surface area contributed by atoms with Crippen molar-refractivity contribution in [2.24, 2.45) is 0 Å².